The molecule has 0 fully saturated rings. The van der Waals surface area contributed by atoms with E-state index in [1.165, 1.54) is 0 Å². The molecule has 0 aliphatic carbocycles. The number of nitrogens with zero attached hydrogens (tertiary/aromatic N) is 3. The van der Waals surface area contributed by atoms with Crippen molar-refractivity contribution in [3.05, 3.63) is 0 Å². The minimum absolute atomic E-state index is 0. The first-order valence-corrected chi connectivity index (χ1v) is 17.2. The molecule has 0 radical (unpaired) electrons. The zero-order chi connectivity index (χ0) is 25.6. The predicted octanol–water partition coefficient (Wildman–Crippen LogP) is -9.69. The molecule has 0 rings (SSSR count). The van der Waals surface area contributed by atoms with E-state index in [9.17, 15) is 42.4 Å². The average Bonchev–Trinajstić information content (AvgIpc) is 2.41. The third-order valence-corrected chi connectivity index (χ3v) is 7.20. The summed E-state index contributed by atoms with van der Waals surface area (Å²) >= 11 is 0. The van der Waals surface area contributed by atoms with Crippen molar-refractivity contribution < 1.29 is 131 Å². The molecule has 34 heavy (non-hydrogen) atoms. The van der Waals surface area contributed by atoms with Gasteiger partial charge in [-0.25, -0.2) is 0 Å². The van der Waals surface area contributed by atoms with Gasteiger partial charge in [0, 0.05) is 26.2 Å². The SMILES string of the molecule is O=P([O-])(O)CN(CCN(CCN(CP(=O)([O-])O)CP(=O)(O)O)CP(=O)(O)O)CP(=O)(O)O.[Na+].[Na+]. The Bertz CT molecular complexity index is 731. The van der Waals surface area contributed by atoms with Crippen LogP contribution in [0, 0.1) is 0 Å². The smallest absolute Gasteiger partial charge is 0.778 e. The van der Waals surface area contributed by atoms with Gasteiger partial charge in [0.1, 0.15) is 34.0 Å². The molecule has 0 amide bonds. The van der Waals surface area contributed by atoms with Crippen molar-refractivity contribution in [2.24, 2.45) is 0 Å². The molecule has 194 valence electrons. The minimum Gasteiger partial charge on any atom is -0.778 e. The van der Waals surface area contributed by atoms with Gasteiger partial charge in [-0.15, -0.1) is 0 Å². The van der Waals surface area contributed by atoms with E-state index < -0.39 is 95.6 Å². The molecule has 0 aliphatic heterocycles. The Morgan fingerprint density at radius 2 is 0.647 bits per heavy atom. The van der Waals surface area contributed by atoms with Crippen LogP contribution in [-0.2, 0) is 22.8 Å². The van der Waals surface area contributed by atoms with Crippen LogP contribution < -0.4 is 68.9 Å². The van der Waals surface area contributed by atoms with Crippen LogP contribution in [0.15, 0.2) is 0 Å². The molecule has 0 heterocycles. The van der Waals surface area contributed by atoms with Crippen LogP contribution in [0.2, 0.25) is 0 Å². The van der Waals surface area contributed by atoms with Gasteiger partial charge in [0.2, 0.25) is 0 Å². The van der Waals surface area contributed by atoms with Crippen LogP contribution >= 0.6 is 38.0 Å². The van der Waals surface area contributed by atoms with Gasteiger partial charge < -0.3 is 58.1 Å². The summed E-state index contributed by atoms with van der Waals surface area (Å²) in [6.45, 7) is -1.97. The second-order valence-electron chi connectivity index (χ2n) is 6.88. The molecule has 2 unspecified atom stereocenters. The van der Waals surface area contributed by atoms with Crippen molar-refractivity contribution in [2.45, 2.75) is 0 Å². The van der Waals surface area contributed by atoms with Gasteiger partial charge >= 0.3 is 81.9 Å². The van der Waals surface area contributed by atoms with Crippen molar-refractivity contribution in [1.29, 1.82) is 0 Å². The molecular formula is C9H26N3Na2O15P5. The zero-order valence-electron chi connectivity index (χ0n) is 18.4. The molecule has 0 saturated carbocycles. The second-order valence-corrected chi connectivity index (χ2v) is 14.8. The summed E-state index contributed by atoms with van der Waals surface area (Å²) in [4.78, 5) is 96.6. The Morgan fingerprint density at radius 3 is 0.853 bits per heavy atom. The maximum Gasteiger partial charge on any atom is 1.00 e. The van der Waals surface area contributed by atoms with Gasteiger partial charge in [0.05, 0.1) is 12.6 Å². The predicted molar refractivity (Wildman–Crippen MR) is 105 cm³/mol. The summed E-state index contributed by atoms with van der Waals surface area (Å²) in [5, 5.41) is 0. The van der Waals surface area contributed by atoms with Crippen molar-refractivity contribution in [3.8, 4) is 0 Å². The van der Waals surface area contributed by atoms with Crippen LogP contribution in [0.3, 0.4) is 0 Å². The Hall–Kier alpha value is 2.63. The molecule has 0 aromatic rings. The average molecular weight is 617 g/mol. The molecule has 0 aliphatic rings. The fraction of sp³-hybridized carbons (Fsp3) is 1.00. The van der Waals surface area contributed by atoms with Crippen LogP contribution in [0.25, 0.3) is 0 Å². The maximum atomic E-state index is 11.4. The van der Waals surface area contributed by atoms with Crippen LogP contribution in [0.1, 0.15) is 0 Å². The van der Waals surface area contributed by atoms with E-state index in [2.05, 4.69) is 0 Å². The third kappa shape index (κ3) is 27.7. The van der Waals surface area contributed by atoms with Crippen LogP contribution in [-0.4, -0.2) is 111 Å². The Labute approximate surface area is 239 Å². The minimum atomic E-state index is -5.01. The van der Waals surface area contributed by atoms with E-state index in [-0.39, 0.29) is 59.1 Å². The van der Waals surface area contributed by atoms with E-state index in [0.717, 1.165) is 4.90 Å². The molecule has 2 atom stereocenters. The van der Waals surface area contributed by atoms with Crippen molar-refractivity contribution in [1.82, 2.24) is 14.7 Å². The van der Waals surface area contributed by atoms with Crippen LogP contribution in [0.5, 0.6) is 0 Å². The summed E-state index contributed by atoms with van der Waals surface area (Å²) in [6, 6.07) is 0. The van der Waals surface area contributed by atoms with Gasteiger partial charge in [0.25, 0.3) is 0 Å². The van der Waals surface area contributed by atoms with E-state index in [1.54, 1.807) is 0 Å². The summed E-state index contributed by atoms with van der Waals surface area (Å²) in [6.07, 6.45) is -5.58. The summed E-state index contributed by atoms with van der Waals surface area (Å²) in [7, 11) is -24.4. The van der Waals surface area contributed by atoms with Gasteiger partial charge in [0.15, 0.2) is 0 Å². The molecular weight excluding hydrogens is 591 g/mol. The van der Waals surface area contributed by atoms with E-state index in [1.807, 2.05) is 0 Å². The third-order valence-electron chi connectivity index (χ3n) is 3.38. The Morgan fingerprint density at radius 1 is 0.441 bits per heavy atom. The summed E-state index contributed by atoms with van der Waals surface area (Å²) < 4.78 is 55.8. The molecule has 0 saturated heterocycles. The first-order valence-electron chi connectivity index (χ1n) is 8.31. The molecule has 18 nitrogen and oxygen atoms in total. The number of hydrogen-bond donors (Lipinski definition) is 8. The monoisotopic (exact) mass is 617 g/mol. The summed E-state index contributed by atoms with van der Waals surface area (Å²) in [5.74, 6) is 0. The molecule has 0 spiro atoms. The molecule has 0 bridgehead atoms. The normalized spacial score (nSPS) is 16.6. The number of hydrogen-bond acceptors (Lipinski definition) is 10. The van der Waals surface area contributed by atoms with E-state index in [4.69, 9.17) is 29.4 Å². The quantitative estimate of drug-likeness (QED) is 0.0589. The standard InChI is InChI=1S/C9H28N3O15P5.2Na/c13-28(14,15)5-10(1-3-11(6-29(16,17)18)7-30(19,20)21)2-4-12(8-31(22,23)24)9-32(25,26)27;;/h1-9H2,(H2,13,14,15)(H2,16,17,18)(H2,19,20,21)(H2,22,23,24)(H2,25,26,27);;/q;2*+1/p-2. The Balaban J connectivity index is -0.00000480. The van der Waals surface area contributed by atoms with Gasteiger partial charge in [-0.2, -0.15) is 0 Å². The van der Waals surface area contributed by atoms with E-state index in [0.29, 0.717) is 9.80 Å². The van der Waals surface area contributed by atoms with Crippen molar-refractivity contribution in [3.63, 3.8) is 0 Å². The van der Waals surface area contributed by atoms with Gasteiger partial charge in [-0.1, -0.05) is 0 Å². The number of rotatable bonds is 16. The fourth-order valence-electron chi connectivity index (χ4n) is 2.48. The topological polar surface area (TPSA) is 303 Å². The Kier molecular flexibility index (Phi) is 20.2. The largest absolute Gasteiger partial charge is 1.00 e. The zero-order valence-corrected chi connectivity index (χ0v) is 26.8. The van der Waals surface area contributed by atoms with Gasteiger partial charge in [-0.3, -0.25) is 28.4 Å². The van der Waals surface area contributed by atoms with Crippen molar-refractivity contribution in [2.75, 3.05) is 57.6 Å². The first kappa shape index (κ1) is 41.1. The van der Waals surface area contributed by atoms with Crippen LogP contribution in [0.4, 0.5) is 0 Å². The molecule has 0 aromatic carbocycles. The van der Waals surface area contributed by atoms with Gasteiger partial charge in [-0.05, 0) is 0 Å². The van der Waals surface area contributed by atoms with Crippen molar-refractivity contribution >= 4 is 38.0 Å². The first-order chi connectivity index (χ1) is 13.9. The molecule has 8 N–H and O–H groups in total. The summed E-state index contributed by atoms with van der Waals surface area (Å²) in [5.41, 5.74) is 0. The molecule has 0 aromatic heterocycles. The second kappa shape index (κ2) is 16.7. The fourth-order valence-corrected chi connectivity index (χ4v) is 6.62. The molecule has 25 heteroatoms. The van der Waals surface area contributed by atoms with E-state index >= 15 is 0 Å². The maximum absolute atomic E-state index is 11.4.